The van der Waals surface area contributed by atoms with Gasteiger partial charge in [0.15, 0.2) is 0 Å². The van der Waals surface area contributed by atoms with Crippen molar-refractivity contribution in [2.45, 2.75) is 69.1 Å². The van der Waals surface area contributed by atoms with Crippen molar-refractivity contribution in [2.75, 3.05) is 18.6 Å². The molecule has 0 heterocycles. The minimum Gasteiger partial charge on any atom is -0.481 e. The molecule has 1 rings (SSSR count). The molecule has 0 aromatic heterocycles. The van der Waals surface area contributed by atoms with Gasteiger partial charge in [-0.05, 0) is 56.2 Å². The van der Waals surface area contributed by atoms with Gasteiger partial charge in [-0.1, -0.05) is 30.3 Å². The molecule has 1 aromatic rings. The number of amides is 3. The minimum absolute atomic E-state index is 0.0921. The lowest BCUT2D eigenvalue weighted by atomic mass is 10.0. The standard InChI is InChI=1S/C25H39N5O7S/c1-38-14-12-19(25(36)37)29-24(35)20(15-16-7-3-2-4-8-16)30-23(34)18(9-5-6-13-26)28-22(33)17(27)10-11-21(31)32/h2-4,7-8,17-20H,5-6,9-15,26-27H2,1H3,(H,28,33)(H,29,35)(H,30,34)(H,31,32)(H,36,37). The number of nitrogens with two attached hydrogens (primary N) is 2. The molecule has 0 aliphatic heterocycles. The molecule has 4 unspecified atom stereocenters. The van der Waals surface area contributed by atoms with Gasteiger partial charge in [0.25, 0.3) is 0 Å². The maximum absolute atomic E-state index is 13.3. The van der Waals surface area contributed by atoms with Crippen LogP contribution in [0, 0.1) is 0 Å². The number of benzene rings is 1. The molecule has 0 bridgehead atoms. The molecule has 0 fully saturated rings. The lowest BCUT2D eigenvalue weighted by Gasteiger charge is -2.25. The molecule has 1 aromatic carbocycles. The number of nitrogens with one attached hydrogen (secondary N) is 3. The van der Waals surface area contributed by atoms with Crippen molar-refractivity contribution in [3.8, 4) is 0 Å². The predicted octanol–water partition coefficient (Wildman–Crippen LogP) is -0.158. The van der Waals surface area contributed by atoms with Crippen molar-refractivity contribution < 1.29 is 34.2 Å². The fraction of sp³-hybridized carbons (Fsp3) is 0.560. The molecule has 212 valence electrons. The summed E-state index contributed by atoms with van der Waals surface area (Å²) in [5.41, 5.74) is 12.1. The van der Waals surface area contributed by atoms with Crippen LogP contribution in [0.1, 0.15) is 44.1 Å². The Morgan fingerprint density at radius 3 is 2.03 bits per heavy atom. The van der Waals surface area contributed by atoms with Gasteiger partial charge in [0.05, 0.1) is 6.04 Å². The fourth-order valence-electron chi connectivity index (χ4n) is 3.55. The average molecular weight is 554 g/mol. The van der Waals surface area contributed by atoms with Crippen LogP contribution in [0.5, 0.6) is 0 Å². The van der Waals surface area contributed by atoms with E-state index in [1.165, 1.54) is 11.8 Å². The Kier molecular flexibility index (Phi) is 15.7. The van der Waals surface area contributed by atoms with Crippen LogP contribution in [-0.4, -0.2) is 82.6 Å². The quantitative estimate of drug-likeness (QED) is 0.112. The van der Waals surface area contributed by atoms with E-state index in [9.17, 15) is 29.1 Å². The number of aliphatic carboxylic acids is 2. The summed E-state index contributed by atoms with van der Waals surface area (Å²) < 4.78 is 0. The van der Waals surface area contributed by atoms with Gasteiger partial charge in [-0.15, -0.1) is 0 Å². The van der Waals surface area contributed by atoms with Gasteiger partial charge in [0.2, 0.25) is 17.7 Å². The van der Waals surface area contributed by atoms with E-state index >= 15 is 0 Å². The molecule has 0 radical (unpaired) electrons. The van der Waals surface area contributed by atoms with Crippen LogP contribution in [0.2, 0.25) is 0 Å². The van der Waals surface area contributed by atoms with Gasteiger partial charge in [-0.3, -0.25) is 19.2 Å². The largest absolute Gasteiger partial charge is 0.481 e. The molecule has 0 spiro atoms. The Labute approximate surface area is 226 Å². The third-order valence-corrected chi connectivity index (χ3v) is 6.37. The predicted molar refractivity (Wildman–Crippen MR) is 144 cm³/mol. The summed E-state index contributed by atoms with van der Waals surface area (Å²) in [7, 11) is 0. The number of carboxylic acid groups (broad SMARTS) is 2. The van der Waals surface area contributed by atoms with Gasteiger partial charge in [-0.2, -0.15) is 11.8 Å². The van der Waals surface area contributed by atoms with Crippen molar-refractivity contribution in [3.63, 3.8) is 0 Å². The molecular weight excluding hydrogens is 514 g/mol. The average Bonchev–Trinajstić information content (AvgIpc) is 2.88. The summed E-state index contributed by atoms with van der Waals surface area (Å²) >= 11 is 1.45. The maximum atomic E-state index is 13.3. The highest BCUT2D eigenvalue weighted by molar-refractivity contribution is 7.98. The van der Waals surface area contributed by atoms with Crippen LogP contribution in [0.25, 0.3) is 0 Å². The monoisotopic (exact) mass is 553 g/mol. The van der Waals surface area contributed by atoms with Crippen molar-refractivity contribution in [1.29, 1.82) is 0 Å². The number of rotatable bonds is 19. The molecular formula is C25H39N5O7S. The zero-order valence-electron chi connectivity index (χ0n) is 21.6. The first-order chi connectivity index (χ1) is 18.1. The van der Waals surface area contributed by atoms with Crippen LogP contribution >= 0.6 is 11.8 Å². The lowest BCUT2D eigenvalue weighted by Crippen LogP contribution is -2.57. The zero-order chi connectivity index (χ0) is 28.5. The summed E-state index contributed by atoms with van der Waals surface area (Å²) in [6.45, 7) is 0.381. The molecule has 12 nitrogen and oxygen atoms in total. The third kappa shape index (κ3) is 12.9. The number of carboxylic acids is 2. The van der Waals surface area contributed by atoms with E-state index in [1.54, 1.807) is 30.3 Å². The first-order valence-electron chi connectivity index (χ1n) is 12.4. The fourth-order valence-corrected chi connectivity index (χ4v) is 4.02. The summed E-state index contributed by atoms with van der Waals surface area (Å²) in [5.74, 6) is -3.76. The van der Waals surface area contributed by atoms with Crippen molar-refractivity contribution in [2.24, 2.45) is 11.5 Å². The lowest BCUT2D eigenvalue weighted by molar-refractivity contribution is -0.142. The molecule has 0 saturated heterocycles. The number of carbonyl (C=O) groups excluding carboxylic acids is 3. The van der Waals surface area contributed by atoms with E-state index in [0.29, 0.717) is 25.1 Å². The highest BCUT2D eigenvalue weighted by Gasteiger charge is 2.30. The minimum atomic E-state index is -1.18. The molecule has 9 N–H and O–H groups in total. The second-order valence-electron chi connectivity index (χ2n) is 8.82. The first kappa shape index (κ1) is 32.9. The highest BCUT2D eigenvalue weighted by Crippen LogP contribution is 2.08. The van der Waals surface area contributed by atoms with Gasteiger partial charge in [0.1, 0.15) is 18.1 Å². The van der Waals surface area contributed by atoms with E-state index < -0.39 is 53.8 Å². The number of carbonyl (C=O) groups is 5. The van der Waals surface area contributed by atoms with Gasteiger partial charge >= 0.3 is 11.9 Å². The SMILES string of the molecule is CSCCC(NC(=O)C(Cc1ccccc1)NC(=O)C(CCCCN)NC(=O)C(N)CCC(=O)O)C(=O)O. The second kappa shape index (κ2) is 18.2. The van der Waals surface area contributed by atoms with Crippen LogP contribution in [0.4, 0.5) is 0 Å². The number of hydrogen-bond acceptors (Lipinski definition) is 8. The summed E-state index contributed by atoms with van der Waals surface area (Å²) in [5, 5.41) is 26.1. The third-order valence-electron chi connectivity index (χ3n) is 5.73. The maximum Gasteiger partial charge on any atom is 0.326 e. The van der Waals surface area contributed by atoms with Gasteiger partial charge in [0, 0.05) is 12.8 Å². The Hall–Kier alpha value is -3.16. The van der Waals surface area contributed by atoms with Crippen LogP contribution in [-0.2, 0) is 30.4 Å². The van der Waals surface area contributed by atoms with Crippen LogP contribution in [0.15, 0.2) is 30.3 Å². The Balaban J connectivity index is 3.08. The molecule has 4 atom stereocenters. The summed E-state index contributed by atoms with van der Waals surface area (Å²) in [6.07, 6.45) is 3.02. The zero-order valence-corrected chi connectivity index (χ0v) is 22.4. The Morgan fingerprint density at radius 1 is 0.842 bits per heavy atom. The Morgan fingerprint density at radius 2 is 1.45 bits per heavy atom. The van der Waals surface area contributed by atoms with E-state index in [-0.39, 0.29) is 32.1 Å². The highest BCUT2D eigenvalue weighted by atomic mass is 32.2. The van der Waals surface area contributed by atoms with E-state index in [1.807, 2.05) is 6.26 Å². The van der Waals surface area contributed by atoms with Crippen LogP contribution < -0.4 is 27.4 Å². The second-order valence-corrected chi connectivity index (χ2v) is 9.80. The number of hydrogen-bond donors (Lipinski definition) is 7. The van der Waals surface area contributed by atoms with Gasteiger partial charge in [-0.25, -0.2) is 4.79 Å². The topological polar surface area (TPSA) is 214 Å². The van der Waals surface area contributed by atoms with E-state index in [2.05, 4.69) is 16.0 Å². The van der Waals surface area contributed by atoms with Crippen molar-refractivity contribution in [3.05, 3.63) is 35.9 Å². The first-order valence-corrected chi connectivity index (χ1v) is 13.8. The molecule has 0 aliphatic carbocycles. The molecule has 38 heavy (non-hydrogen) atoms. The van der Waals surface area contributed by atoms with Crippen molar-refractivity contribution in [1.82, 2.24) is 16.0 Å². The Bertz CT molecular complexity index is 919. The molecule has 3 amide bonds. The van der Waals surface area contributed by atoms with E-state index in [4.69, 9.17) is 16.6 Å². The molecule has 13 heteroatoms. The number of unbranched alkanes of at least 4 members (excludes halogenated alkanes) is 1. The van der Waals surface area contributed by atoms with Gasteiger partial charge < -0.3 is 37.6 Å². The summed E-state index contributed by atoms with van der Waals surface area (Å²) in [4.78, 5) is 61.4. The van der Waals surface area contributed by atoms with Crippen LogP contribution in [0.3, 0.4) is 0 Å². The molecule has 0 saturated carbocycles. The van der Waals surface area contributed by atoms with Crippen molar-refractivity contribution >= 4 is 41.4 Å². The normalized spacial score (nSPS) is 14.0. The summed E-state index contributed by atoms with van der Waals surface area (Å²) in [6, 6.07) is 4.48. The number of thioether (sulfide) groups is 1. The molecule has 0 aliphatic rings. The van der Waals surface area contributed by atoms with E-state index in [0.717, 1.165) is 5.56 Å². The smallest absolute Gasteiger partial charge is 0.326 e.